The predicted molar refractivity (Wildman–Crippen MR) is 64.7 cm³/mol. The van der Waals surface area contributed by atoms with Crippen molar-refractivity contribution in [3.8, 4) is 0 Å². The molecule has 2 aromatic rings. The Hall–Kier alpha value is -1.20. The lowest BCUT2D eigenvalue weighted by Gasteiger charge is -2.20. The van der Waals surface area contributed by atoms with E-state index in [-0.39, 0.29) is 5.78 Å². The molecule has 0 radical (unpaired) electrons. The van der Waals surface area contributed by atoms with Crippen LogP contribution in [-0.4, -0.2) is 20.7 Å². The third-order valence-corrected chi connectivity index (χ3v) is 3.63. The third kappa shape index (κ3) is 2.01. The van der Waals surface area contributed by atoms with E-state index in [1.165, 1.54) is 0 Å². The summed E-state index contributed by atoms with van der Waals surface area (Å²) in [6.07, 6.45) is 4.78. The van der Waals surface area contributed by atoms with Gasteiger partial charge in [0.25, 0.3) is 0 Å². The van der Waals surface area contributed by atoms with Crippen molar-refractivity contribution in [2.24, 2.45) is 5.73 Å². The van der Waals surface area contributed by atoms with Crippen LogP contribution >= 0.6 is 11.3 Å². The topological polar surface area (TPSA) is 60.4 Å². The molecule has 2 heterocycles. The van der Waals surface area contributed by atoms with Crippen LogP contribution in [0.15, 0.2) is 17.8 Å². The number of imidazole rings is 1. The van der Waals surface area contributed by atoms with Gasteiger partial charge in [-0.3, -0.25) is 9.20 Å². The number of hydrogen-bond donors (Lipinski definition) is 1. The fourth-order valence-electron chi connectivity index (χ4n) is 1.42. The summed E-state index contributed by atoms with van der Waals surface area (Å²) in [4.78, 5) is 17.2. The zero-order valence-corrected chi connectivity index (χ0v) is 10.3. The maximum Gasteiger partial charge on any atom is 0.193 e. The molecule has 0 spiro atoms. The van der Waals surface area contributed by atoms with Crippen molar-refractivity contribution in [3.63, 3.8) is 0 Å². The zero-order valence-electron chi connectivity index (χ0n) is 9.43. The van der Waals surface area contributed by atoms with Gasteiger partial charge in [0.2, 0.25) is 0 Å². The van der Waals surface area contributed by atoms with E-state index in [0.29, 0.717) is 12.8 Å². The number of nitrogens with two attached hydrogens (primary N) is 1. The fraction of sp³-hybridized carbons (Fsp3) is 0.455. The Labute approximate surface area is 98.1 Å². The Balaban J connectivity index is 2.16. The minimum absolute atomic E-state index is 0.0424. The first kappa shape index (κ1) is 11.3. The van der Waals surface area contributed by atoms with E-state index < -0.39 is 5.54 Å². The van der Waals surface area contributed by atoms with E-state index in [4.69, 9.17) is 5.73 Å². The van der Waals surface area contributed by atoms with Crippen LogP contribution in [0.3, 0.4) is 0 Å². The Bertz CT molecular complexity index is 484. The van der Waals surface area contributed by atoms with Gasteiger partial charge in [0, 0.05) is 17.8 Å². The number of aromatic nitrogens is 2. The number of nitrogens with zero attached hydrogens (tertiary/aromatic N) is 2. The summed E-state index contributed by atoms with van der Waals surface area (Å²) in [5.41, 5.74) is 5.95. The summed E-state index contributed by atoms with van der Waals surface area (Å²) < 4.78 is 1.92. The molecule has 0 bridgehead atoms. The monoisotopic (exact) mass is 237 g/mol. The largest absolute Gasteiger partial charge is 0.319 e. The molecular weight excluding hydrogens is 222 g/mol. The Morgan fingerprint density at radius 3 is 3.06 bits per heavy atom. The Morgan fingerprint density at radius 1 is 1.69 bits per heavy atom. The number of ketones is 1. The molecule has 0 aliphatic heterocycles. The molecule has 0 saturated carbocycles. The van der Waals surface area contributed by atoms with Crippen molar-refractivity contribution >= 4 is 22.1 Å². The maximum atomic E-state index is 11.9. The summed E-state index contributed by atoms with van der Waals surface area (Å²) in [5, 5.41) is 1.97. The quantitative estimate of drug-likeness (QED) is 0.879. The molecule has 0 aromatic carbocycles. The molecule has 2 N–H and O–H groups in total. The van der Waals surface area contributed by atoms with Gasteiger partial charge in [-0.15, -0.1) is 11.3 Å². The van der Waals surface area contributed by atoms with Gasteiger partial charge in [-0.05, 0) is 13.3 Å². The van der Waals surface area contributed by atoms with Crippen LogP contribution in [0.1, 0.15) is 26.0 Å². The van der Waals surface area contributed by atoms with E-state index >= 15 is 0 Å². The van der Waals surface area contributed by atoms with Crippen molar-refractivity contribution in [1.82, 2.24) is 9.38 Å². The number of carbonyl (C=O) groups is 1. The van der Waals surface area contributed by atoms with E-state index in [9.17, 15) is 4.79 Å². The van der Waals surface area contributed by atoms with E-state index in [1.807, 2.05) is 29.1 Å². The molecule has 0 aliphatic rings. The number of carbonyl (C=O) groups excluding carboxylic acids is 1. The zero-order chi connectivity index (χ0) is 11.8. The van der Waals surface area contributed by atoms with Gasteiger partial charge in [-0.1, -0.05) is 6.92 Å². The maximum absolute atomic E-state index is 11.9. The van der Waals surface area contributed by atoms with Crippen LogP contribution in [0.2, 0.25) is 0 Å². The summed E-state index contributed by atoms with van der Waals surface area (Å²) in [7, 11) is 0. The van der Waals surface area contributed by atoms with Crippen molar-refractivity contribution in [2.45, 2.75) is 32.2 Å². The Morgan fingerprint density at radius 2 is 2.44 bits per heavy atom. The molecule has 1 atom stereocenters. The minimum atomic E-state index is -0.739. The fourth-order valence-corrected chi connectivity index (χ4v) is 2.14. The first-order chi connectivity index (χ1) is 7.53. The summed E-state index contributed by atoms with van der Waals surface area (Å²) >= 11 is 1.56. The third-order valence-electron chi connectivity index (χ3n) is 2.86. The van der Waals surface area contributed by atoms with Gasteiger partial charge in [0.15, 0.2) is 10.7 Å². The first-order valence-electron chi connectivity index (χ1n) is 5.26. The highest BCUT2D eigenvalue weighted by Gasteiger charge is 2.26. The molecule has 0 amide bonds. The summed E-state index contributed by atoms with van der Waals surface area (Å²) in [5.74, 6) is 0.0424. The summed E-state index contributed by atoms with van der Waals surface area (Å²) in [6, 6.07) is 0. The van der Waals surface area contributed by atoms with Crippen LogP contribution in [0.5, 0.6) is 0 Å². The lowest BCUT2D eigenvalue weighted by atomic mass is 9.92. The SMILES string of the molecule is CCC(C)(N)C(=O)Cc1cn2ccsc2n1. The van der Waals surface area contributed by atoms with E-state index in [0.717, 1.165) is 10.7 Å². The highest BCUT2D eigenvalue weighted by Crippen LogP contribution is 2.14. The van der Waals surface area contributed by atoms with Gasteiger partial charge < -0.3 is 5.73 Å². The predicted octanol–water partition coefficient (Wildman–Crippen LogP) is 1.63. The molecule has 4 nitrogen and oxygen atoms in total. The minimum Gasteiger partial charge on any atom is -0.319 e. The van der Waals surface area contributed by atoms with Crippen molar-refractivity contribution in [2.75, 3.05) is 0 Å². The first-order valence-corrected chi connectivity index (χ1v) is 6.14. The lowest BCUT2D eigenvalue weighted by molar-refractivity contribution is -0.123. The molecule has 5 heteroatoms. The average Bonchev–Trinajstić information content (AvgIpc) is 2.77. The highest BCUT2D eigenvalue weighted by atomic mass is 32.1. The number of hydrogen-bond acceptors (Lipinski definition) is 4. The van der Waals surface area contributed by atoms with Crippen LogP contribution in [0.4, 0.5) is 0 Å². The Kier molecular flexibility index (Phi) is 2.82. The number of fused-ring (bicyclic) bond motifs is 1. The molecular formula is C11H15N3OS. The van der Waals surface area contributed by atoms with Gasteiger partial charge in [0.05, 0.1) is 17.7 Å². The lowest BCUT2D eigenvalue weighted by Crippen LogP contribution is -2.45. The second-order valence-electron chi connectivity index (χ2n) is 4.20. The standard InChI is InChI=1S/C11H15N3OS/c1-3-11(2,12)9(15)6-8-7-14-4-5-16-10(14)13-8/h4-5,7H,3,6,12H2,1-2H3. The van der Waals surface area contributed by atoms with Crippen LogP contribution in [0, 0.1) is 0 Å². The van der Waals surface area contributed by atoms with Gasteiger partial charge in [-0.25, -0.2) is 4.98 Å². The molecule has 1 unspecified atom stereocenters. The number of Topliss-reactive ketones (excluding diaryl/α,β-unsaturated/α-hetero) is 1. The molecule has 0 saturated heterocycles. The molecule has 16 heavy (non-hydrogen) atoms. The molecule has 2 rings (SSSR count). The smallest absolute Gasteiger partial charge is 0.193 e. The van der Waals surface area contributed by atoms with E-state index in [2.05, 4.69) is 4.98 Å². The van der Waals surface area contributed by atoms with Crippen molar-refractivity contribution in [3.05, 3.63) is 23.5 Å². The van der Waals surface area contributed by atoms with Crippen LogP contribution < -0.4 is 5.73 Å². The van der Waals surface area contributed by atoms with Crippen LogP contribution in [0.25, 0.3) is 4.96 Å². The van der Waals surface area contributed by atoms with E-state index in [1.54, 1.807) is 18.3 Å². The molecule has 0 aliphatic carbocycles. The van der Waals surface area contributed by atoms with Gasteiger partial charge >= 0.3 is 0 Å². The molecule has 86 valence electrons. The van der Waals surface area contributed by atoms with Crippen LogP contribution in [-0.2, 0) is 11.2 Å². The average molecular weight is 237 g/mol. The highest BCUT2D eigenvalue weighted by molar-refractivity contribution is 7.15. The van der Waals surface area contributed by atoms with Crippen molar-refractivity contribution < 1.29 is 4.79 Å². The van der Waals surface area contributed by atoms with Gasteiger partial charge in [0.1, 0.15) is 0 Å². The second-order valence-corrected chi connectivity index (χ2v) is 5.07. The molecule has 2 aromatic heterocycles. The molecule has 0 fully saturated rings. The number of thiazole rings is 1. The second kappa shape index (κ2) is 3.99. The number of rotatable bonds is 4. The van der Waals surface area contributed by atoms with Gasteiger partial charge in [-0.2, -0.15) is 0 Å². The normalized spacial score (nSPS) is 15.2. The summed E-state index contributed by atoms with van der Waals surface area (Å²) in [6.45, 7) is 3.69. The van der Waals surface area contributed by atoms with Crippen molar-refractivity contribution in [1.29, 1.82) is 0 Å².